The summed E-state index contributed by atoms with van der Waals surface area (Å²) >= 11 is 4.59. The van der Waals surface area contributed by atoms with E-state index in [1.54, 1.807) is 18.2 Å². The molecule has 4 rings (SSSR count). The second-order valence-electron chi connectivity index (χ2n) is 5.34. The van der Waals surface area contributed by atoms with E-state index in [1.165, 1.54) is 16.7 Å². The maximum absolute atomic E-state index is 12.6. The number of hydrogen-bond acceptors (Lipinski definition) is 6. The molecule has 26 heavy (non-hydrogen) atoms. The fourth-order valence-corrected chi connectivity index (χ4v) is 3.87. The van der Waals surface area contributed by atoms with Crippen molar-refractivity contribution in [1.82, 2.24) is 14.6 Å². The van der Waals surface area contributed by atoms with Crippen molar-refractivity contribution in [2.45, 2.75) is 0 Å². The second kappa shape index (κ2) is 6.43. The molecule has 0 N–H and O–H groups in total. The summed E-state index contributed by atoms with van der Waals surface area (Å²) in [5, 5.41) is 15.4. The Bertz CT molecular complexity index is 1260. The van der Waals surface area contributed by atoms with Gasteiger partial charge in [0.2, 0.25) is 4.96 Å². The first-order valence-corrected chi connectivity index (χ1v) is 9.05. The highest BCUT2D eigenvalue weighted by molar-refractivity contribution is 9.10. The summed E-state index contributed by atoms with van der Waals surface area (Å²) in [6, 6.07) is 13.7. The summed E-state index contributed by atoms with van der Waals surface area (Å²) in [7, 11) is 0. The van der Waals surface area contributed by atoms with Crippen LogP contribution < -0.4 is 10.1 Å². The molecule has 4 aromatic rings. The van der Waals surface area contributed by atoms with Crippen LogP contribution in [0.3, 0.4) is 0 Å². The van der Waals surface area contributed by atoms with Crippen LogP contribution in [-0.4, -0.2) is 19.5 Å². The number of thiazole rings is 1. The lowest BCUT2D eigenvalue weighted by molar-refractivity contribution is -0.385. The smallest absolute Gasteiger partial charge is 0.266 e. The minimum Gasteiger partial charge on any atom is -0.266 e. The molecule has 0 spiro atoms. The normalized spacial score (nSPS) is 12.0. The molecular weight excluding hydrogens is 420 g/mol. The summed E-state index contributed by atoms with van der Waals surface area (Å²) in [5.74, 6) is 0.443. The van der Waals surface area contributed by atoms with Gasteiger partial charge in [0.1, 0.15) is 0 Å². The lowest BCUT2D eigenvalue weighted by atomic mass is 10.2. The average Bonchev–Trinajstić information content (AvgIpc) is 3.16. The molecule has 0 radical (unpaired) electrons. The fourth-order valence-electron chi connectivity index (χ4n) is 2.51. The zero-order chi connectivity index (χ0) is 18.3. The van der Waals surface area contributed by atoms with Gasteiger partial charge in [-0.15, -0.1) is 5.10 Å². The molecular formula is C17H9BrN4O3S. The van der Waals surface area contributed by atoms with E-state index < -0.39 is 4.92 Å². The zero-order valence-electron chi connectivity index (χ0n) is 13.0. The summed E-state index contributed by atoms with van der Waals surface area (Å²) in [6.07, 6.45) is 1.50. The maximum Gasteiger partial charge on any atom is 0.291 e. The summed E-state index contributed by atoms with van der Waals surface area (Å²) in [6.45, 7) is 0. The molecule has 0 saturated heterocycles. The van der Waals surface area contributed by atoms with Crippen molar-refractivity contribution < 1.29 is 4.92 Å². The first-order chi connectivity index (χ1) is 12.5. The fraction of sp³-hybridized carbons (Fsp3) is 0. The lowest BCUT2D eigenvalue weighted by Crippen LogP contribution is -2.23. The largest absolute Gasteiger partial charge is 0.291 e. The van der Waals surface area contributed by atoms with Gasteiger partial charge in [-0.25, -0.2) is 0 Å². The molecule has 0 atom stereocenters. The van der Waals surface area contributed by atoms with E-state index in [4.69, 9.17) is 0 Å². The van der Waals surface area contributed by atoms with Crippen molar-refractivity contribution in [2.24, 2.45) is 0 Å². The molecule has 0 aliphatic rings. The third kappa shape index (κ3) is 2.80. The van der Waals surface area contributed by atoms with Gasteiger partial charge < -0.3 is 0 Å². The highest BCUT2D eigenvalue weighted by Gasteiger charge is 2.15. The molecule has 0 fully saturated rings. The second-order valence-corrected chi connectivity index (χ2v) is 7.20. The monoisotopic (exact) mass is 428 g/mol. The van der Waals surface area contributed by atoms with E-state index in [-0.39, 0.29) is 11.2 Å². The van der Waals surface area contributed by atoms with E-state index in [0.29, 0.717) is 20.9 Å². The van der Waals surface area contributed by atoms with Gasteiger partial charge in [0, 0.05) is 16.1 Å². The van der Waals surface area contributed by atoms with Gasteiger partial charge in [-0.1, -0.05) is 51.5 Å². The summed E-state index contributed by atoms with van der Waals surface area (Å²) in [4.78, 5) is 28.1. The predicted molar refractivity (Wildman–Crippen MR) is 102 cm³/mol. The molecule has 2 aromatic carbocycles. The average molecular weight is 429 g/mol. The lowest BCUT2D eigenvalue weighted by Gasteiger charge is -1.97. The Hall–Kier alpha value is -2.91. The van der Waals surface area contributed by atoms with Crippen LogP contribution in [-0.2, 0) is 0 Å². The van der Waals surface area contributed by atoms with Gasteiger partial charge >= 0.3 is 0 Å². The standard InChI is InChI=1S/C17H9BrN4O3S/c18-12-7-3-2-6-11(12)15-19-17-21(20-15)16(23)14(26-17)9-10-5-1-4-8-13(10)22(24)25/h1-9H. The Kier molecular flexibility index (Phi) is 4.09. The number of halogens is 1. The number of benzene rings is 2. The molecule has 0 saturated carbocycles. The topological polar surface area (TPSA) is 90.4 Å². The maximum atomic E-state index is 12.6. The number of nitro groups is 1. The third-order valence-electron chi connectivity index (χ3n) is 3.72. The molecule has 0 aliphatic carbocycles. The number of nitro benzene ring substituents is 1. The predicted octanol–water partition coefficient (Wildman–Crippen LogP) is 3.04. The van der Waals surface area contributed by atoms with Gasteiger partial charge in [0.25, 0.3) is 11.2 Å². The number of rotatable bonds is 3. The minimum absolute atomic E-state index is 0.0557. The van der Waals surface area contributed by atoms with E-state index in [9.17, 15) is 14.9 Å². The Morgan fingerprint density at radius 1 is 1.15 bits per heavy atom. The number of hydrogen-bond donors (Lipinski definition) is 0. The SMILES string of the molecule is O=c1c(=Cc2ccccc2[N+](=O)[O-])sc2nc(-c3ccccc3Br)nn12. The zero-order valence-corrected chi connectivity index (χ0v) is 15.4. The highest BCUT2D eigenvalue weighted by Crippen LogP contribution is 2.25. The Morgan fingerprint density at radius 3 is 2.62 bits per heavy atom. The Morgan fingerprint density at radius 2 is 1.88 bits per heavy atom. The van der Waals surface area contributed by atoms with Crippen LogP contribution >= 0.6 is 27.3 Å². The van der Waals surface area contributed by atoms with E-state index >= 15 is 0 Å². The van der Waals surface area contributed by atoms with Crippen LogP contribution in [0.4, 0.5) is 5.69 Å². The van der Waals surface area contributed by atoms with E-state index in [1.807, 2.05) is 24.3 Å². The number of nitrogens with zero attached hydrogens (tertiary/aromatic N) is 4. The highest BCUT2D eigenvalue weighted by atomic mass is 79.9. The van der Waals surface area contributed by atoms with Crippen molar-refractivity contribution >= 4 is 44.0 Å². The molecule has 0 aliphatic heterocycles. The molecule has 7 nitrogen and oxygen atoms in total. The van der Waals surface area contributed by atoms with Gasteiger partial charge in [-0.2, -0.15) is 9.50 Å². The molecule has 9 heteroatoms. The van der Waals surface area contributed by atoms with Gasteiger partial charge in [0.05, 0.1) is 15.0 Å². The third-order valence-corrected chi connectivity index (χ3v) is 5.37. The van der Waals surface area contributed by atoms with Crippen LogP contribution in [0.25, 0.3) is 22.4 Å². The minimum atomic E-state index is -0.474. The van der Waals surface area contributed by atoms with Gasteiger partial charge in [-0.05, 0) is 24.3 Å². The van der Waals surface area contributed by atoms with E-state index in [2.05, 4.69) is 26.0 Å². The first kappa shape index (κ1) is 16.6. The summed E-state index contributed by atoms with van der Waals surface area (Å²) < 4.78 is 2.39. The van der Waals surface area contributed by atoms with Crippen LogP contribution in [0.5, 0.6) is 0 Å². The van der Waals surface area contributed by atoms with Crippen molar-refractivity contribution in [3.8, 4) is 11.4 Å². The molecule has 2 aromatic heterocycles. The molecule has 0 amide bonds. The molecule has 2 heterocycles. The van der Waals surface area contributed by atoms with Crippen LogP contribution in [0.2, 0.25) is 0 Å². The van der Waals surface area contributed by atoms with Crippen molar-refractivity contribution in [3.05, 3.63) is 83.6 Å². The van der Waals surface area contributed by atoms with Crippen LogP contribution in [0.1, 0.15) is 5.56 Å². The van der Waals surface area contributed by atoms with E-state index in [0.717, 1.165) is 21.4 Å². The van der Waals surface area contributed by atoms with Gasteiger partial charge in [-0.3, -0.25) is 14.9 Å². The Labute approximate surface area is 158 Å². The molecule has 0 bridgehead atoms. The van der Waals surface area contributed by atoms with Crippen molar-refractivity contribution in [1.29, 1.82) is 0 Å². The van der Waals surface area contributed by atoms with Gasteiger partial charge in [0.15, 0.2) is 5.82 Å². The van der Waals surface area contributed by atoms with Crippen molar-refractivity contribution in [3.63, 3.8) is 0 Å². The number of para-hydroxylation sites is 1. The van der Waals surface area contributed by atoms with Crippen molar-refractivity contribution in [2.75, 3.05) is 0 Å². The number of aromatic nitrogens is 3. The van der Waals surface area contributed by atoms with Crippen LogP contribution in [0.15, 0.2) is 57.8 Å². The first-order valence-electron chi connectivity index (χ1n) is 7.44. The molecule has 0 unspecified atom stereocenters. The van der Waals surface area contributed by atoms with Crippen LogP contribution in [0, 0.1) is 10.1 Å². The summed E-state index contributed by atoms with van der Waals surface area (Å²) in [5.41, 5.74) is 0.742. The number of fused-ring (bicyclic) bond motifs is 1. The quantitative estimate of drug-likeness (QED) is 0.369. The molecule has 128 valence electrons. The Balaban J connectivity index is 1.86.